The maximum Gasteiger partial charge on any atom is 0.270 e. The van der Waals surface area contributed by atoms with E-state index in [1.165, 1.54) is 5.56 Å². The summed E-state index contributed by atoms with van der Waals surface area (Å²) in [6.45, 7) is 8.81. The number of hydrogen-bond acceptors (Lipinski definition) is 6. The zero-order valence-corrected chi connectivity index (χ0v) is 15.3. The van der Waals surface area contributed by atoms with E-state index in [1.807, 2.05) is 19.1 Å². The molecule has 0 unspecified atom stereocenters. The van der Waals surface area contributed by atoms with E-state index in [0.29, 0.717) is 18.2 Å². The SMILES string of the molecule is Cc1ccc(Nc2nccc(C(=O)NCCN3CCOCC3)n2)c(C)c1. The van der Waals surface area contributed by atoms with Gasteiger partial charge < -0.3 is 15.4 Å². The van der Waals surface area contributed by atoms with Crippen molar-refractivity contribution in [2.45, 2.75) is 13.8 Å². The van der Waals surface area contributed by atoms with Crippen LogP contribution in [0.25, 0.3) is 0 Å². The van der Waals surface area contributed by atoms with Gasteiger partial charge in [0.25, 0.3) is 5.91 Å². The molecule has 0 aliphatic carbocycles. The van der Waals surface area contributed by atoms with Gasteiger partial charge in [-0.1, -0.05) is 17.7 Å². The monoisotopic (exact) mass is 355 g/mol. The number of amides is 1. The molecule has 0 atom stereocenters. The predicted molar refractivity (Wildman–Crippen MR) is 101 cm³/mol. The van der Waals surface area contributed by atoms with E-state index in [-0.39, 0.29) is 5.91 Å². The molecule has 1 fully saturated rings. The van der Waals surface area contributed by atoms with Gasteiger partial charge in [-0.2, -0.15) is 0 Å². The van der Waals surface area contributed by atoms with Crippen molar-refractivity contribution in [3.8, 4) is 0 Å². The summed E-state index contributed by atoms with van der Waals surface area (Å²) in [6.07, 6.45) is 1.59. The molecule has 2 heterocycles. The van der Waals surface area contributed by atoms with Gasteiger partial charge in [0.1, 0.15) is 5.69 Å². The molecule has 1 saturated heterocycles. The van der Waals surface area contributed by atoms with Crippen LogP contribution >= 0.6 is 0 Å². The summed E-state index contributed by atoms with van der Waals surface area (Å²) in [5, 5.41) is 6.09. The molecule has 1 aliphatic rings. The number of anilines is 2. The molecule has 0 bridgehead atoms. The molecule has 1 aromatic heterocycles. The molecular weight excluding hydrogens is 330 g/mol. The van der Waals surface area contributed by atoms with Gasteiger partial charge in [-0.3, -0.25) is 9.69 Å². The van der Waals surface area contributed by atoms with Crippen LogP contribution in [0.3, 0.4) is 0 Å². The third kappa shape index (κ3) is 5.00. The van der Waals surface area contributed by atoms with E-state index in [4.69, 9.17) is 4.74 Å². The van der Waals surface area contributed by atoms with Gasteiger partial charge in [-0.25, -0.2) is 9.97 Å². The number of nitrogens with zero attached hydrogens (tertiary/aromatic N) is 3. The molecule has 0 spiro atoms. The van der Waals surface area contributed by atoms with E-state index in [2.05, 4.69) is 38.5 Å². The van der Waals surface area contributed by atoms with Crippen LogP contribution in [0.1, 0.15) is 21.6 Å². The number of aryl methyl sites for hydroxylation is 2. The van der Waals surface area contributed by atoms with Crippen molar-refractivity contribution in [3.63, 3.8) is 0 Å². The van der Waals surface area contributed by atoms with E-state index >= 15 is 0 Å². The fourth-order valence-electron chi connectivity index (χ4n) is 2.86. The van der Waals surface area contributed by atoms with Crippen molar-refractivity contribution in [1.82, 2.24) is 20.2 Å². The number of rotatable bonds is 6. The average molecular weight is 355 g/mol. The first-order valence-electron chi connectivity index (χ1n) is 8.87. The molecule has 26 heavy (non-hydrogen) atoms. The number of nitrogens with one attached hydrogen (secondary N) is 2. The summed E-state index contributed by atoms with van der Waals surface area (Å²) in [7, 11) is 0. The maximum absolute atomic E-state index is 12.3. The van der Waals surface area contributed by atoms with Crippen LogP contribution < -0.4 is 10.6 Å². The van der Waals surface area contributed by atoms with Gasteiger partial charge in [0, 0.05) is 38.1 Å². The van der Waals surface area contributed by atoms with Crippen molar-refractivity contribution in [2.24, 2.45) is 0 Å². The maximum atomic E-state index is 12.3. The molecule has 138 valence electrons. The molecule has 7 nitrogen and oxygen atoms in total. The average Bonchev–Trinajstić information content (AvgIpc) is 2.65. The molecule has 1 amide bonds. The highest BCUT2D eigenvalue weighted by atomic mass is 16.5. The van der Waals surface area contributed by atoms with Gasteiger partial charge in [0.2, 0.25) is 5.95 Å². The Hall–Kier alpha value is -2.51. The van der Waals surface area contributed by atoms with Crippen molar-refractivity contribution >= 4 is 17.5 Å². The van der Waals surface area contributed by atoms with E-state index in [0.717, 1.165) is 44.1 Å². The Morgan fingerprint density at radius 2 is 2.04 bits per heavy atom. The molecule has 1 aliphatic heterocycles. The minimum Gasteiger partial charge on any atom is -0.379 e. The third-order valence-electron chi connectivity index (χ3n) is 4.33. The van der Waals surface area contributed by atoms with Gasteiger partial charge in [0.15, 0.2) is 0 Å². The number of benzene rings is 1. The van der Waals surface area contributed by atoms with Gasteiger partial charge in [0.05, 0.1) is 13.2 Å². The van der Waals surface area contributed by atoms with Gasteiger partial charge in [-0.15, -0.1) is 0 Å². The Kier molecular flexibility index (Phi) is 6.14. The van der Waals surface area contributed by atoms with Crippen LogP contribution in [0.2, 0.25) is 0 Å². The number of aromatic nitrogens is 2. The zero-order valence-electron chi connectivity index (χ0n) is 15.3. The smallest absolute Gasteiger partial charge is 0.270 e. The quantitative estimate of drug-likeness (QED) is 0.824. The van der Waals surface area contributed by atoms with Crippen LogP contribution in [-0.2, 0) is 4.74 Å². The van der Waals surface area contributed by atoms with Crippen molar-refractivity contribution < 1.29 is 9.53 Å². The molecule has 0 radical (unpaired) electrons. The van der Waals surface area contributed by atoms with Crippen LogP contribution in [0.4, 0.5) is 11.6 Å². The number of carbonyl (C=O) groups excluding carboxylic acids is 1. The largest absolute Gasteiger partial charge is 0.379 e. The highest BCUT2D eigenvalue weighted by molar-refractivity contribution is 5.92. The van der Waals surface area contributed by atoms with E-state index < -0.39 is 0 Å². The lowest BCUT2D eigenvalue weighted by Crippen LogP contribution is -2.41. The van der Waals surface area contributed by atoms with Crippen molar-refractivity contribution in [1.29, 1.82) is 0 Å². The molecule has 2 N–H and O–H groups in total. The zero-order chi connectivity index (χ0) is 18.4. The lowest BCUT2D eigenvalue weighted by Gasteiger charge is -2.26. The fraction of sp³-hybridized carbons (Fsp3) is 0.421. The first kappa shape index (κ1) is 18.3. The molecule has 1 aromatic carbocycles. The second kappa shape index (κ2) is 8.73. The predicted octanol–water partition coefficient (Wildman–Crippen LogP) is 1.90. The van der Waals surface area contributed by atoms with Gasteiger partial charge in [-0.05, 0) is 31.5 Å². The summed E-state index contributed by atoms with van der Waals surface area (Å²) in [4.78, 5) is 23.1. The second-order valence-electron chi connectivity index (χ2n) is 6.42. The topological polar surface area (TPSA) is 79.4 Å². The summed E-state index contributed by atoms with van der Waals surface area (Å²) >= 11 is 0. The molecule has 7 heteroatoms. The summed E-state index contributed by atoms with van der Waals surface area (Å²) in [5.74, 6) is 0.224. The number of ether oxygens (including phenoxy) is 1. The Morgan fingerprint density at radius 1 is 1.23 bits per heavy atom. The molecule has 3 rings (SSSR count). The minimum absolute atomic E-state index is 0.190. The van der Waals surface area contributed by atoms with Crippen LogP contribution in [0.15, 0.2) is 30.5 Å². The number of carbonyl (C=O) groups is 1. The number of hydrogen-bond donors (Lipinski definition) is 2. The summed E-state index contributed by atoms with van der Waals surface area (Å²) < 4.78 is 5.32. The van der Waals surface area contributed by atoms with E-state index in [9.17, 15) is 4.79 Å². The Labute approximate surface area is 153 Å². The van der Waals surface area contributed by atoms with E-state index in [1.54, 1.807) is 12.3 Å². The fourth-order valence-corrected chi connectivity index (χ4v) is 2.86. The number of morpholine rings is 1. The van der Waals surface area contributed by atoms with Gasteiger partial charge >= 0.3 is 0 Å². The highest BCUT2D eigenvalue weighted by Crippen LogP contribution is 2.19. The lowest BCUT2D eigenvalue weighted by atomic mass is 10.1. The normalized spacial score (nSPS) is 14.8. The molecular formula is C19H25N5O2. The third-order valence-corrected chi connectivity index (χ3v) is 4.33. The first-order chi connectivity index (χ1) is 12.6. The first-order valence-corrected chi connectivity index (χ1v) is 8.87. The highest BCUT2D eigenvalue weighted by Gasteiger charge is 2.12. The summed E-state index contributed by atoms with van der Waals surface area (Å²) in [5.41, 5.74) is 3.59. The van der Waals surface area contributed by atoms with Crippen LogP contribution in [0.5, 0.6) is 0 Å². The standard InChI is InChI=1S/C19H25N5O2/c1-14-3-4-16(15(2)13-14)22-19-21-6-5-17(23-19)18(25)20-7-8-24-9-11-26-12-10-24/h3-6,13H,7-12H2,1-2H3,(H,20,25)(H,21,22,23). The minimum atomic E-state index is -0.190. The Morgan fingerprint density at radius 3 is 2.81 bits per heavy atom. The lowest BCUT2D eigenvalue weighted by molar-refractivity contribution is 0.0383. The van der Waals surface area contributed by atoms with Crippen molar-refractivity contribution in [3.05, 3.63) is 47.3 Å². The Balaban J connectivity index is 1.56. The summed E-state index contributed by atoms with van der Waals surface area (Å²) in [6, 6.07) is 7.72. The Bertz CT molecular complexity index is 759. The molecule has 0 saturated carbocycles. The van der Waals surface area contributed by atoms with Crippen molar-refractivity contribution in [2.75, 3.05) is 44.7 Å². The van der Waals surface area contributed by atoms with Crippen LogP contribution in [-0.4, -0.2) is 60.2 Å². The van der Waals surface area contributed by atoms with Crippen LogP contribution in [0, 0.1) is 13.8 Å². The second-order valence-corrected chi connectivity index (χ2v) is 6.42. The molecule has 2 aromatic rings.